The molecule has 0 aliphatic carbocycles. The molecule has 3 amide bonds. The molecule has 1 aromatic carbocycles. The SMILES string of the molecule is Cn1ncc2c1C(CNC(=O)O)N1CC2N(OCc2ccccc2)C1=O. The Labute approximate surface area is 149 Å². The maximum atomic E-state index is 12.9. The first-order valence-corrected chi connectivity index (χ1v) is 8.31. The number of benzene rings is 1. The third-order valence-corrected chi connectivity index (χ3v) is 4.81. The molecule has 2 bridgehead atoms. The van der Waals surface area contributed by atoms with E-state index in [2.05, 4.69) is 10.4 Å². The van der Waals surface area contributed by atoms with Gasteiger partial charge in [-0.15, -0.1) is 0 Å². The zero-order valence-electron chi connectivity index (χ0n) is 14.2. The molecule has 26 heavy (non-hydrogen) atoms. The fourth-order valence-corrected chi connectivity index (χ4v) is 3.61. The van der Waals surface area contributed by atoms with Gasteiger partial charge in [0.1, 0.15) is 12.6 Å². The summed E-state index contributed by atoms with van der Waals surface area (Å²) < 4.78 is 1.69. The number of hydroxylamine groups is 2. The average molecular weight is 357 g/mol. The number of aromatic nitrogens is 2. The van der Waals surface area contributed by atoms with E-state index < -0.39 is 12.1 Å². The van der Waals surface area contributed by atoms with Gasteiger partial charge in [0.15, 0.2) is 0 Å². The zero-order valence-corrected chi connectivity index (χ0v) is 14.2. The smallest absolute Gasteiger partial charge is 0.404 e. The van der Waals surface area contributed by atoms with E-state index >= 15 is 0 Å². The van der Waals surface area contributed by atoms with Crippen molar-refractivity contribution >= 4 is 12.1 Å². The molecule has 0 saturated carbocycles. The molecule has 4 rings (SSSR count). The summed E-state index contributed by atoms with van der Waals surface area (Å²) >= 11 is 0. The standard InChI is InChI=1S/C17H19N5O4/c1-20-15-12(7-19-20)14-9-21(13(15)8-18-16(23)24)17(25)22(14)26-10-11-5-3-2-4-6-11/h2-7,13-14,18H,8-10H2,1H3,(H,23,24). The monoisotopic (exact) mass is 357 g/mol. The van der Waals surface area contributed by atoms with E-state index in [-0.39, 0.29) is 25.2 Å². The maximum Gasteiger partial charge on any atom is 0.404 e. The van der Waals surface area contributed by atoms with Crippen LogP contribution in [0.25, 0.3) is 0 Å². The molecule has 136 valence electrons. The number of urea groups is 1. The van der Waals surface area contributed by atoms with Crippen molar-refractivity contribution in [2.45, 2.75) is 18.7 Å². The molecule has 1 saturated heterocycles. The lowest BCUT2D eigenvalue weighted by Crippen LogP contribution is -2.41. The molecule has 2 atom stereocenters. The zero-order chi connectivity index (χ0) is 18.3. The predicted molar refractivity (Wildman–Crippen MR) is 89.9 cm³/mol. The second kappa shape index (κ2) is 6.34. The largest absolute Gasteiger partial charge is 0.465 e. The molecule has 2 unspecified atom stereocenters. The van der Waals surface area contributed by atoms with Crippen LogP contribution in [0.5, 0.6) is 0 Å². The number of amides is 3. The lowest BCUT2D eigenvalue weighted by molar-refractivity contribution is -0.141. The van der Waals surface area contributed by atoms with Gasteiger partial charge in [0, 0.05) is 19.2 Å². The summed E-state index contributed by atoms with van der Waals surface area (Å²) in [5.74, 6) is 0. The highest BCUT2D eigenvalue weighted by Gasteiger charge is 2.50. The van der Waals surface area contributed by atoms with Gasteiger partial charge in [-0.2, -0.15) is 10.2 Å². The topological polar surface area (TPSA) is 99.9 Å². The van der Waals surface area contributed by atoms with Crippen LogP contribution in [0.3, 0.4) is 0 Å². The Kier molecular flexibility index (Phi) is 4.00. The molecular formula is C17H19N5O4. The number of hydrogen-bond acceptors (Lipinski definition) is 4. The van der Waals surface area contributed by atoms with Gasteiger partial charge in [0.2, 0.25) is 0 Å². The van der Waals surface area contributed by atoms with Crippen molar-refractivity contribution in [3.63, 3.8) is 0 Å². The average Bonchev–Trinajstić information content (AvgIpc) is 3.15. The second-order valence-electron chi connectivity index (χ2n) is 6.35. The van der Waals surface area contributed by atoms with Crippen LogP contribution < -0.4 is 5.32 Å². The van der Waals surface area contributed by atoms with Gasteiger partial charge in [0.25, 0.3) is 0 Å². The first-order chi connectivity index (χ1) is 12.6. The first kappa shape index (κ1) is 16.4. The van der Waals surface area contributed by atoms with Crippen LogP contribution in [0.1, 0.15) is 28.9 Å². The minimum atomic E-state index is -1.13. The number of rotatable bonds is 5. The Morgan fingerprint density at radius 1 is 1.38 bits per heavy atom. The molecule has 1 aromatic heterocycles. The number of fused-ring (bicyclic) bond motifs is 4. The first-order valence-electron chi connectivity index (χ1n) is 8.31. The van der Waals surface area contributed by atoms with E-state index in [0.29, 0.717) is 6.54 Å². The molecule has 0 spiro atoms. The van der Waals surface area contributed by atoms with Crippen molar-refractivity contribution in [3.8, 4) is 0 Å². The lowest BCUT2D eigenvalue weighted by Gasteiger charge is -2.31. The van der Waals surface area contributed by atoms with Gasteiger partial charge in [0.05, 0.1) is 24.5 Å². The quantitative estimate of drug-likeness (QED) is 0.848. The Bertz CT molecular complexity index is 837. The van der Waals surface area contributed by atoms with E-state index in [9.17, 15) is 9.59 Å². The van der Waals surface area contributed by atoms with Crippen molar-refractivity contribution in [3.05, 3.63) is 53.3 Å². The minimum absolute atomic E-state index is 0.104. The van der Waals surface area contributed by atoms with Gasteiger partial charge in [-0.05, 0) is 5.56 Å². The molecule has 2 aromatic rings. The summed E-state index contributed by atoms with van der Waals surface area (Å²) in [6.07, 6.45) is 0.599. The molecule has 3 heterocycles. The van der Waals surface area contributed by atoms with Crippen LogP contribution in [-0.4, -0.2) is 50.1 Å². The Morgan fingerprint density at radius 3 is 2.88 bits per heavy atom. The van der Waals surface area contributed by atoms with Crippen LogP contribution in [0.2, 0.25) is 0 Å². The molecule has 0 radical (unpaired) electrons. The summed E-state index contributed by atoms with van der Waals surface area (Å²) in [5, 5.41) is 17.0. The summed E-state index contributed by atoms with van der Waals surface area (Å²) in [6, 6.07) is 8.69. The van der Waals surface area contributed by atoms with E-state index in [0.717, 1.165) is 16.8 Å². The Morgan fingerprint density at radius 2 is 2.15 bits per heavy atom. The molecule has 2 aliphatic rings. The number of nitrogens with one attached hydrogen (secondary N) is 1. The summed E-state index contributed by atoms with van der Waals surface area (Å²) in [5.41, 5.74) is 2.68. The second-order valence-corrected chi connectivity index (χ2v) is 6.35. The van der Waals surface area contributed by atoms with E-state index in [1.807, 2.05) is 30.3 Å². The summed E-state index contributed by atoms with van der Waals surface area (Å²) in [7, 11) is 1.79. The number of nitrogens with zero attached hydrogens (tertiary/aromatic N) is 4. The number of carbonyl (C=O) groups is 2. The highest BCUT2D eigenvalue weighted by molar-refractivity contribution is 5.78. The van der Waals surface area contributed by atoms with Crippen molar-refractivity contribution in [1.29, 1.82) is 0 Å². The highest BCUT2D eigenvalue weighted by Crippen LogP contribution is 2.43. The van der Waals surface area contributed by atoms with Crippen LogP contribution in [0.4, 0.5) is 9.59 Å². The maximum absolute atomic E-state index is 12.9. The third-order valence-electron chi connectivity index (χ3n) is 4.81. The number of aryl methyl sites for hydroxylation is 1. The molecule has 2 N–H and O–H groups in total. The number of carbonyl (C=O) groups excluding carboxylic acids is 1. The van der Waals surface area contributed by atoms with Crippen molar-refractivity contribution < 1.29 is 19.5 Å². The third kappa shape index (κ3) is 2.66. The van der Waals surface area contributed by atoms with Gasteiger partial charge in [-0.25, -0.2) is 9.59 Å². The van der Waals surface area contributed by atoms with E-state index in [1.165, 1.54) is 5.06 Å². The van der Waals surface area contributed by atoms with Gasteiger partial charge >= 0.3 is 12.1 Å². The normalized spacial score (nSPS) is 21.0. The molecule has 9 nitrogen and oxygen atoms in total. The summed E-state index contributed by atoms with van der Waals surface area (Å²) in [6.45, 7) is 0.829. The van der Waals surface area contributed by atoms with Gasteiger partial charge in [-0.3, -0.25) is 9.52 Å². The van der Waals surface area contributed by atoms with Crippen LogP contribution in [0, 0.1) is 0 Å². The van der Waals surface area contributed by atoms with Crippen LogP contribution in [-0.2, 0) is 18.5 Å². The Balaban J connectivity index is 1.59. The fourth-order valence-electron chi connectivity index (χ4n) is 3.61. The molecular weight excluding hydrogens is 338 g/mol. The highest BCUT2D eigenvalue weighted by atomic mass is 16.7. The van der Waals surface area contributed by atoms with Crippen molar-refractivity contribution in [2.24, 2.45) is 7.05 Å². The van der Waals surface area contributed by atoms with Crippen molar-refractivity contribution in [1.82, 2.24) is 25.1 Å². The molecule has 2 aliphatic heterocycles. The molecule has 9 heteroatoms. The van der Waals surface area contributed by atoms with Crippen molar-refractivity contribution in [2.75, 3.05) is 13.1 Å². The predicted octanol–water partition coefficient (Wildman–Crippen LogP) is 1.65. The minimum Gasteiger partial charge on any atom is -0.465 e. The number of carboxylic acid groups (broad SMARTS) is 1. The Hall–Kier alpha value is -3.07. The fraction of sp³-hybridized carbons (Fsp3) is 0.353. The number of hydrogen-bond donors (Lipinski definition) is 2. The molecule has 1 fully saturated rings. The van der Waals surface area contributed by atoms with Crippen LogP contribution >= 0.6 is 0 Å². The van der Waals surface area contributed by atoms with Crippen LogP contribution in [0.15, 0.2) is 36.5 Å². The van der Waals surface area contributed by atoms with E-state index in [4.69, 9.17) is 9.94 Å². The van der Waals surface area contributed by atoms with Gasteiger partial charge in [-0.1, -0.05) is 30.3 Å². The van der Waals surface area contributed by atoms with E-state index in [1.54, 1.807) is 22.8 Å². The lowest BCUT2D eigenvalue weighted by atomic mass is 9.98. The van der Waals surface area contributed by atoms with Gasteiger partial charge < -0.3 is 15.3 Å². The summed E-state index contributed by atoms with van der Waals surface area (Å²) in [4.78, 5) is 31.2.